The molecule has 34 heavy (non-hydrogen) atoms. The van der Waals surface area contributed by atoms with E-state index in [2.05, 4.69) is 16.0 Å². The maximum atomic E-state index is 13.5. The molecule has 2 aliphatic rings. The Morgan fingerprint density at radius 3 is 2.71 bits per heavy atom. The molecule has 0 unspecified atom stereocenters. The molecule has 0 amide bonds. The van der Waals surface area contributed by atoms with Crippen LogP contribution in [0.2, 0.25) is 0 Å². The molecule has 0 saturated heterocycles. The molecule has 0 atom stereocenters. The van der Waals surface area contributed by atoms with Crippen molar-refractivity contribution >= 4 is 38.1 Å². The molecule has 0 fully saturated rings. The van der Waals surface area contributed by atoms with Crippen LogP contribution in [0.25, 0.3) is 16.5 Å². The lowest BCUT2D eigenvalue weighted by atomic mass is 9.99. The Balaban J connectivity index is 1.32. The zero-order chi connectivity index (χ0) is 24.0. The first-order valence-electron chi connectivity index (χ1n) is 11.6. The van der Waals surface area contributed by atoms with Crippen LogP contribution in [0.5, 0.6) is 0 Å². The molecule has 2 aliphatic heterocycles. The molecule has 2 aromatic carbocycles. The van der Waals surface area contributed by atoms with Gasteiger partial charge in [0.15, 0.2) is 0 Å². The van der Waals surface area contributed by atoms with E-state index >= 15 is 0 Å². The Bertz CT molecular complexity index is 1360. The number of aromatic amines is 1. The number of anilines is 2. The average molecular weight is 484 g/mol. The molecule has 0 bridgehead atoms. The van der Waals surface area contributed by atoms with Crippen molar-refractivity contribution in [2.75, 3.05) is 36.2 Å². The molecule has 3 N–H and O–H groups in total. The minimum atomic E-state index is -3.62. The van der Waals surface area contributed by atoms with Gasteiger partial charge in [-0.2, -0.15) is 12.7 Å². The highest BCUT2D eigenvalue weighted by atomic mass is 32.2. The quantitative estimate of drug-likeness (QED) is 0.538. The molecule has 0 radical (unpaired) electrons. The van der Waals surface area contributed by atoms with Crippen molar-refractivity contribution in [2.24, 2.45) is 0 Å². The van der Waals surface area contributed by atoms with Gasteiger partial charge in [-0.15, -0.1) is 0 Å². The molecule has 5 rings (SSSR count). The number of nitrogens with zero attached hydrogens (tertiary/aromatic N) is 3. The topological polar surface area (TPSA) is 85.7 Å². The van der Waals surface area contributed by atoms with Crippen LogP contribution in [0.4, 0.5) is 15.8 Å². The number of fused-ring (bicyclic) bond motifs is 2. The van der Waals surface area contributed by atoms with Gasteiger partial charge in [-0.25, -0.2) is 4.39 Å². The first-order chi connectivity index (χ1) is 16.2. The Morgan fingerprint density at radius 2 is 1.97 bits per heavy atom. The lowest BCUT2D eigenvalue weighted by Crippen LogP contribution is -2.52. The predicted molar refractivity (Wildman–Crippen MR) is 135 cm³/mol. The van der Waals surface area contributed by atoms with E-state index in [4.69, 9.17) is 5.73 Å². The summed E-state index contributed by atoms with van der Waals surface area (Å²) in [5, 5.41) is 1.02. The van der Waals surface area contributed by atoms with Crippen molar-refractivity contribution in [1.82, 2.24) is 14.2 Å². The maximum Gasteiger partial charge on any atom is 0.304 e. The van der Waals surface area contributed by atoms with Gasteiger partial charge in [0.2, 0.25) is 0 Å². The SMILES string of the molecule is CC(C)N1Cc2cc(N)ccc2N(CCN2CC=C(c3c[nH]c4cc(F)ccc34)CC2)S1(=O)=O. The Labute approximate surface area is 199 Å². The summed E-state index contributed by atoms with van der Waals surface area (Å²) in [6, 6.07) is 10.1. The summed E-state index contributed by atoms with van der Waals surface area (Å²) in [6.45, 7) is 6.68. The predicted octanol–water partition coefficient (Wildman–Crippen LogP) is 3.95. The van der Waals surface area contributed by atoms with E-state index in [1.165, 1.54) is 26.3 Å². The van der Waals surface area contributed by atoms with Crippen LogP contribution in [-0.2, 0) is 16.8 Å². The van der Waals surface area contributed by atoms with E-state index in [0.717, 1.165) is 41.5 Å². The van der Waals surface area contributed by atoms with Gasteiger partial charge in [0, 0.05) is 67.1 Å². The second kappa shape index (κ2) is 8.72. The second-order valence-corrected chi connectivity index (χ2v) is 11.1. The Morgan fingerprint density at radius 1 is 1.15 bits per heavy atom. The van der Waals surface area contributed by atoms with Gasteiger partial charge in [0.25, 0.3) is 0 Å². The monoisotopic (exact) mass is 483 g/mol. The number of halogens is 1. The second-order valence-electron chi connectivity index (χ2n) is 9.28. The number of nitrogens with one attached hydrogen (secondary N) is 1. The van der Waals surface area contributed by atoms with Gasteiger partial charge >= 0.3 is 10.2 Å². The number of nitrogen functional groups attached to an aromatic ring is 1. The number of rotatable bonds is 5. The lowest BCUT2D eigenvalue weighted by molar-refractivity contribution is 0.305. The summed E-state index contributed by atoms with van der Waals surface area (Å²) in [6.07, 6.45) is 4.98. The molecule has 0 spiro atoms. The number of H-pyrrole nitrogens is 1. The summed E-state index contributed by atoms with van der Waals surface area (Å²) in [5.41, 5.74) is 11.4. The van der Waals surface area contributed by atoms with E-state index in [1.54, 1.807) is 6.07 Å². The summed E-state index contributed by atoms with van der Waals surface area (Å²) >= 11 is 0. The van der Waals surface area contributed by atoms with Crippen LogP contribution >= 0.6 is 0 Å². The molecular formula is C25H30FN5O2S. The van der Waals surface area contributed by atoms with E-state index in [1.807, 2.05) is 38.2 Å². The van der Waals surface area contributed by atoms with Crippen LogP contribution < -0.4 is 10.0 Å². The third-order valence-corrected chi connectivity index (χ3v) is 8.83. The molecule has 0 saturated carbocycles. The van der Waals surface area contributed by atoms with Crippen LogP contribution in [0, 0.1) is 5.82 Å². The molecule has 7 nitrogen and oxygen atoms in total. The summed E-state index contributed by atoms with van der Waals surface area (Å²) < 4.78 is 43.4. The van der Waals surface area contributed by atoms with Crippen LogP contribution in [0.15, 0.2) is 48.7 Å². The summed E-state index contributed by atoms with van der Waals surface area (Å²) in [4.78, 5) is 5.42. The molecule has 3 heterocycles. The number of hydrogen-bond donors (Lipinski definition) is 2. The van der Waals surface area contributed by atoms with E-state index in [9.17, 15) is 12.8 Å². The van der Waals surface area contributed by atoms with E-state index < -0.39 is 10.2 Å². The number of aromatic nitrogens is 1. The van der Waals surface area contributed by atoms with Crippen molar-refractivity contribution < 1.29 is 12.8 Å². The van der Waals surface area contributed by atoms with Gasteiger partial charge in [-0.1, -0.05) is 6.08 Å². The van der Waals surface area contributed by atoms with Gasteiger partial charge in [0.1, 0.15) is 5.82 Å². The summed E-state index contributed by atoms with van der Waals surface area (Å²) in [5.74, 6) is -0.252. The third kappa shape index (κ3) is 4.08. The Kier molecular flexibility index (Phi) is 5.87. The fourth-order valence-corrected chi connectivity index (χ4v) is 6.74. The largest absolute Gasteiger partial charge is 0.399 e. The van der Waals surface area contributed by atoms with Crippen molar-refractivity contribution in [1.29, 1.82) is 0 Å². The average Bonchev–Trinajstić information content (AvgIpc) is 3.21. The first kappa shape index (κ1) is 22.9. The lowest BCUT2D eigenvalue weighted by Gasteiger charge is -2.40. The number of hydrogen-bond acceptors (Lipinski definition) is 4. The first-order valence-corrected chi connectivity index (χ1v) is 13.0. The highest BCUT2D eigenvalue weighted by Gasteiger charge is 2.38. The van der Waals surface area contributed by atoms with Crippen molar-refractivity contribution in [2.45, 2.75) is 32.9 Å². The number of benzene rings is 2. The molecule has 9 heteroatoms. The highest BCUT2D eigenvalue weighted by Crippen LogP contribution is 2.35. The fraction of sp³-hybridized carbons (Fsp3) is 0.360. The van der Waals surface area contributed by atoms with E-state index in [0.29, 0.717) is 31.0 Å². The van der Waals surface area contributed by atoms with Gasteiger partial charge in [-0.3, -0.25) is 9.21 Å². The van der Waals surface area contributed by atoms with Crippen LogP contribution in [-0.4, -0.2) is 54.8 Å². The smallest absolute Gasteiger partial charge is 0.304 e. The van der Waals surface area contributed by atoms with E-state index in [-0.39, 0.29) is 11.9 Å². The normalized spacial score (nSPS) is 18.9. The van der Waals surface area contributed by atoms with Crippen LogP contribution in [0.3, 0.4) is 0 Å². The minimum Gasteiger partial charge on any atom is -0.399 e. The highest BCUT2D eigenvalue weighted by molar-refractivity contribution is 7.90. The maximum absolute atomic E-state index is 13.5. The minimum absolute atomic E-state index is 0.146. The zero-order valence-corrected chi connectivity index (χ0v) is 20.3. The van der Waals surface area contributed by atoms with Crippen molar-refractivity contribution in [3.63, 3.8) is 0 Å². The Hall–Kier alpha value is -2.88. The number of nitrogens with two attached hydrogens (primary N) is 1. The van der Waals surface area contributed by atoms with Gasteiger partial charge in [0.05, 0.1) is 5.69 Å². The summed E-state index contributed by atoms with van der Waals surface area (Å²) in [7, 11) is -3.62. The van der Waals surface area contributed by atoms with Crippen molar-refractivity contribution in [3.8, 4) is 0 Å². The fourth-order valence-electron chi connectivity index (χ4n) is 4.92. The molecule has 0 aliphatic carbocycles. The molecule has 1 aromatic heterocycles. The molecular weight excluding hydrogens is 453 g/mol. The van der Waals surface area contributed by atoms with Crippen molar-refractivity contribution in [3.05, 3.63) is 65.6 Å². The standard InChI is InChI=1S/C25H30FN5O2S/c1-17(2)31-16-19-13-21(27)4-6-25(19)30(34(31,32)33)12-11-29-9-7-18(8-10-29)23-15-28-24-14-20(26)3-5-22(23)24/h3-7,13-15,17,28H,8-12,16,27H2,1-2H3. The van der Waals surface area contributed by atoms with Gasteiger partial charge in [-0.05, 0) is 67.8 Å². The molecule has 3 aromatic rings. The van der Waals surface area contributed by atoms with Gasteiger partial charge < -0.3 is 10.7 Å². The third-order valence-electron chi connectivity index (χ3n) is 6.75. The van der Waals surface area contributed by atoms with Crippen LogP contribution in [0.1, 0.15) is 31.4 Å². The zero-order valence-electron chi connectivity index (χ0n) is 19.5. The molecule has 180 valence electrons.